The van der Waals surface area contributed by atoms with Crippen molar-refractivity contribution in [2.24, 2.45) is 0 Å². The van der Waals surface area contributed by atoms with Gasteiger partial charge in [-0.2, -0.15) is 10.2 Å². The van der Waals surface area contributed by atoms with Crippen molar-refractivity contribution in [2.45, 2.75) is 0 Å². The monoisotopic (exact) mass is 444 g/mol. The van der Waals surface area contributed by atoms with E-state index in [1.807, 2.05) is 64.4 Å². The summed E-state index contributed by atoms with van der Waals surface area (Å²) in [6.07, 6.45) is 3.54. The van der Waals surface area contributed by atoms with Crippen LogP contribution in [0.15, 0.2) is 52.9 Å². The van der Waals surface area contributed by atoms with Gasteiger partial charge in [-0.15, -0.1) is 0 Å². The predicted octanol–water partition coefficient (Wildman–Crippen LogP) is 3.70. The van der Waals surface area contributed by atoms with E-state index in [4.69, 9.17) is 13.9 Å². The Morgan fingerprint density at radius 1 is 1.03 bits per heavy atom. The van der Waals surface area contributed by atoms with Crippen LogP contribution >= 0.6 is 0 Å². The smallest absolute Gasteiger partial charge is 0.253 e. The quantitative estimate of drug-likeness (QED) is 0.572. The Labute approximate surface area is 192 Å². The number of hydrogen-bond donors (Lipinski definition) is 0. The Hall–Kier alpha value is -4.25. The van der Waals surface area contributed by atoms with Gasteiger partial charge in [0.05, 0.1) is 14.2 Å². The lowest BCUT2D eigenvalue weighted by Gasteiger charge is -2.34. The van der Waals surface area contributed by atoms with Gasteiger partial charge < -0.3 is 23.7 Å². The van der Waals surface area contributed by atoms with Crippen molar-refractivity contribution in [3.63, 3.8) is 0 Å². The highest BCUT2D eigenvalue weighted by atomic mass is 16.5. The molecule has 0 aliphatic carbocycles. The van der Waals surface area contributed by atoms with E-state index in [9.17, 15) is 10.1 Å². The molecule has 0 N–H and O–H groups in total. The maximum atomic E-state index is 12.7. The largest absolute Gasteiger partial charge is 0.493 e. The van der Waals surface area contributed by atoms with Crippen molar-refractivity contribution in [1.82, 2.24) is 9.88 Å². The van der Waals surface area contributed by atoms with E-state index in [0.29, 0.717) is 55.0 Å². The zero-order valence-electron chi connectivity index (χ0n) is 18.5. The lowest BCUT2D eigenvalue weighted by molar-refractivity contribution is 0.0745. The summed E-state index contributed by atoms with van der Waals surface area (Å²) in [5.74, 6) is 2.03. The number of benzene rings is 2. The van der Waals surface area contributed by atoms with Gasteiger partial charge in [0.1, 0.15) is 6.07 Å². The van der Waals surface area contributed by atoms with E-state index in [0.717, 1.165) is 5.56 Å². The van der Waals surface area contributed by atoms with E-state index in [-0.39, 0.29) is 11.6 Å². The molecule has 1 aliphatic rings. The lowest BCUT2D eigenvalue weighted by atomic mass is 10.2. The molecule has 0 radical (unpaired) electrons. The van der Waals surface area contributed by atoms with Crippen molar-refractivity contribution in [2.75, 3.05) is 45.3 Å². The molecule has 1 amide bonds. The molecule has 168 valence electrons. The maximum Gasteiger partial charge on any atom is 0.253 e. The van der Waals surface area contributed by atoms with Gasteiger partial charge in [0.2, 0.25) is 17.5 Å². The van der Waals surface area contributed by atoms with Crippen LogP contribution in [0.1, 0.15) is 27.5 Å². The van der Waals surface area contributed by atoms with Crippen molar-refractivity contribution >= 4 is 23.9 Å². The number of piperazine rings is 1. The van der Waals surface area contributed by atoms with Gasteiger partial charge in [0.15, 0.2) is 11.5 Å². The first-order valence-electron chi connectivity index (χ1n) is 10.5. The molecular weight excluding hydrogens is 420 g/mol. The first kappa shape index (κ1) is 22.0. The molecule has 2 heterocycles. The van der Waals surface area contributed by atoms with E-state index in [1.165, 1.54) is 0 Å². The lowest BCUT2D eigenvalue weighted by Crippen LogP contribution is -2.48. The highest BCUT2D eigenvalue weighted by molar-refractivity contribution is 5.94. The Morgan fingerprint density at radius 3 is 2.42 bits per heavy atom. The maximum absolute atomic E-state index is 12.7. The molecule has 1 saturated heterocycles. The van der Waals surface area contributed by atoms with Crippen LogP contribution in [0.25, 0.3) is 12.2 Å². The molecule has 1 aromatic heterocycles. The number of nitrogens with zero attached hydrogens (tertiary/aromatic N) is 4. The summed E-state index contributed by atoms with van der Waals surface area (Å²) in [6, 6.07) is 16.9. The van der Waals surface area contributed by atoms with Gasteiger partial charge in [-0.3, -0.25) is 4.79 Å². The molecule has 0 atom stereocenters. The van der Waals surface area contributed by atoms with Crippen molar-refractivity contribution in [1.29, 1.82) is 5.26 Å². The Balaban J connectivity index is 1.45. The van der Waals surface area contributed by atoms with E-state index in [1.54, 1.807) is 20.3 Å². The summed E-state index contributed by atoms with van der Waals surface area (Å²) in [6.45, 7) is 2.19. The number of carbonyl (C=O) groups is 1. The zero-order chi connectivity index (χ0) is 23.2. The van der Waals surface area contributed by atoms with Crippen LogP contribution in [-0.4, -0.2) is 56.2 Å². The summed E-state index contributed by atoms with van der Waals surface area (Å²) in [7, 11) is 3.17. The second kappa shape index (κ2) is 9.92. The third-order valence-corrected chi connectivity index (χ3v) is 5.43. The molecular formula is C25H24N4O4. The topological polar surface area (TPSA) is 91.8 Å². The first-order valence-corrected chi connectivity index (χ1v) is 10.5. The minimum Gasteiger partial charge on any atom is -0.493 e. The fourth-order valence-electron chi connectivity index (χ4n) is 3.69. The van der Waals surface area contributed by atoms with Crippen LogP contribution in [0.5, 0.6) is 11.5 Å². The number of rotatable bonds is 6. The van der Waals surface area contributed by atoms with Crippen molar-refractivity contribution < 1.29 is 18.7 Å². The fraction of sp³-hybridized carbons (Fsp3) is 0.240. The summed E-state index contributed by atoms with van der Waals surface area (Å²) < 4.78 is 16.5. The van der Waals surface area contributed by atoms with E-state index in [2.05, 4.69) is 11.1 Å². The molecule has 2 aromatic carbocycles. The summed E-state index contributed by atoms with van der Waals surface area (Å²) in [4.78, 5) is 20.7. The molecule has 8 heteroatoms. The molecule has 0 unspecified atom stereocenters. The van der Waals surface area contributed by atoms with Gasteiger partial charge in [0, 0.05) is 37.8 Å². The van der Waals surface area contributed by atoms with Crippen LogP contribution in [0, 0.1) is 11.3 Å². The van der Waals surface area contributed by atoms with Gasteiger partial charge in [-0.25, -0.2) is 0 Å². The molecule has 1 aliphatic heterocycles. The number of aromatic nitrogens is 1. The number of hydrogen-bond acceptors (Lipinski definition) is 7. The average Bonchev–Trinajstić information content (AvgIpc) is 3.30. The highest BCUT2D eigenvalue weighted by Crippen LogP contribution is 2.29. The average molecular weight is 444 g/mol. The number of nitriles is 1. The second-order valence-corrected chi connectivity index (χ2v) is 7.41. The minimum absolute atomic E-state index is 0.00636. The summed E-state index contributed by atoms with van der Waals surface area (Å²) in [5.41, 5.74) is 1.77. The SMILES string of the molecule is COc1ccc(/C=C/c2nc(C#N)c(N3CCN(C(=O)c4ccccc4)CC3)o2)cc1OC. The molecule has 4 rings (SSSR count). The van der Waals surface area contributed by atoms with Crippen molar-refractivity contribution in [3.05, 3.63) is 71.2 Å². The van der Waals surface area contributed by atoms with Crippen molar-refractivity contribution in [3.8, 4) is 17.6 Å². The fourth-order valence-corrected chi connectivity index (χ4v) is 3.69. The van der Waals surface area contributed by atoms with Gasteiger partial charge in [0.25, 0.3) is 5.91 Å². The standard InChI is InChI=1S/C25H24N4O4/c1-31-21-10-8-18(16-22(21)32-2)9-11-23-27-20(17-26)25(33-23)29-14-12-28(13-15-29)24(30)19-6-4-3-5-7-19/h3-11,16H,12-15H2,1-2H3/b11-9+. The van der Waals surface area contributed by atoms with Gasteiger partial charge in [-0.1, -0.05) is 24.3 Å². The molecule has 1 fully saturated rings. The summed E-state index contributed by atoms with van der Waals surface area (Å²) >= 11 is 0. The Kier molecular flexibility index (Phi) is 6.60. The predicted molar refractivity (Wildman–Crippen MR) is 124 cm³/mol. The second-order valence-electron chi connectivity index (χ2n) is 7.41. The third-order valence-electron chi connectivity index (χ3n) is 5.43. The Bertz CT molecular complexity index is 1190. The Morgan fingerprint density at radius 2 is 1.76 bits per heavy atom. The number of methoxy groups -OCH3 is 2. The molecule has 0 bridgehead atoms. The van der Waals surface area contributed by atoms with Gasteiger partial charge >= 0.3 is 0 Å². The number of ether oxygens (including phenoxy) is 2. The number of carbonyl (C=O) groups excluding carboxylic acids is 1. The zero-order valence-corrected chi connectivity index (χ0v) is 18.5. The molecule has 3 aromatic rings. The van der Waals surface area contributed by atoms with Crippen LogP contribution in [0.4, 0.5) is 5.88 Å². The third kappa shape index (κ3) is 4.83. The van der Waals surface area contributed by atoms with Crippen LogP contribution < -0.4 is 14.4 Å². The van der Waals surface area contributed by atoms with Crippen LogP contribution in [-0.2, 0) is 0 Å². The van der Waals surface area contributed by atoms with Crippen LogP contribution in [0.3, 0.4) is 0 Å². The molecule has 33 heavy (non-hydrogen) atoms. The molecule has 0 spiro atoms. The van der Waals surface area contributed by atoms with E-state index < -0.39 is 0 Å². The molecule has 8 nitrogen and oxygen atoms in total. The normalized spacial score (nSPS) is 13.7. The number of oxazole rings is 1. The molecule has 0 saturated carbocycles. The van der Waals surface area contributed by atoms with E-state index >= 15 is 0 Å². The summed E-state index contributed by atoms with van der Waals surface area (Å²) in [5, 5.41) is 9.54. The van der Waals surface area contributed by atoms with Gasteiger partial charge in [-0.05, 0) is 35.9 Å². The number of amides is 1. The first-order chi connectivity index (χ1) is 16.1. The number of anilines is 1. The minimum atomic E-state index is 0.00636. The highest BCUT2D eigenvalue weighted by Gasteiger charge is 2.26. The van der Waals surface area contributed by atoms with Crippen LogP contribution in [0.2, 0.25) is 0 Å².